The molecule has 143 heavy (non-hydrogen) atoms. The van der Waals surface area contributed by atoms with Crippen molar-refractivity contribution in [2.24, 2.45) is 29.6 Å². The largest absolute Gasteiger partial charge is 0.493 e. The number of amides is 7. The first-order valence-corrected chi connectivity index (χ1v) is 49.8. The third-order valence-electron chi connectivity index (χ3n) is 28.8. The number of aromatic amines is 4. The molecule has 5 fully saturated rings. The minimum atomic E-state index is -4.96. The highest BCUT2D eigenvalue weighted by Crippen LogP contribution is 2.36. The molecule has 11 aromatic carbocycles. The number of hydrogen-bond donors (Lipinski definition) is 6. The maximum atomic E-state index is 13.5. The summed E-state index contributed by atoms with van der Waals surface area (Å²) in [6, 6.07) is 85.6. The van der Waals surface area contributed by atoms with E-state index in [1.165, 1.54) is 52.1 Å². The third-order valence-corrected chi connectivity index (χ3v) is 28.8. The summed E-state index contributed by atoms with van der Waals surface area (Å²) in [4.78, 5) is 126. The first kappa shape index (κ1) is 99.4. The monoisotopic (exact) mass is 1930 g/mol. The third kappa shape index (κ3) is 25.4. The van der Waals surface area contributed by atoms with Crippen molar-refractivity contribution in [3.05, 3.63) is 381 Å². The van der Waals surface area contributed by atoms with E-state index in [9.17, 15) is 55.9 Å². The van der Waals surface area contributed by atoms with Crippen molar-refractivity contribution in [2.75, 3.05) is 86.2 Å². The second kappa shape index (κ2) is 47.0. The molecule has 0 saturated carbocycles. The topological polar surface area (TPSA) is 258 Å². The molecule has 25 heteroatoms. The van der Waals surface area contributed by atoms with Crippen molar-refractivity contribution in [3.63, 3.8) is 0 Å². The summed E-state index contributed by atoms with van der Waals surface area (Å²) in [5.41, 5.74) is 14.9. The van der Waals surface area contributed by atoms with Crippen LogP contribution in [0.5, 0.6) is 11.5 Å². The Morgan fingerprint density at radius 2 is 0.587 bits per heavy atom. The van der Waals surface area contributed by atoms with E-state index in [0.717, 1.165) is 193 Å². The SMILES string of the molecule is COc1ccc(CCNC(=O)c2c[nH]c3ccc(C(=O)N4CCC(Cc5ccccc5)CC4)cc23)cc1OC.O=C(NCc1ccc(F)cc1)c1c[nH]c2ccc(C(=O)N3CCC(Cc4ccccc4)CC3)cc12.O=C(c1ccc2[nH]cc(C(=O)C(F)(F)F)c2c1)N1CCC(Cc2ccccc2)CC1.O=C(c1ccc2[nH]cc(C(=O)N3CCC(Cc4ccccc4)CC3)c2c1)N1CCC(Cc2ccccc2)CC1. The lowest BCUT2D eigenvalue weighted by Gasteiger charge is -2.32. The minimum absolute atomic E-state index is 0.00364. The van der Waals surface area contributed by atoms with Crippen LogP contribution in [0.25, 0.3) is 43.6 Å². The summed E-state index contributed by atoms with van der Waals surface area (Å²) >= 11 is 0. The number of Topliss-reactive ketones (excluding diaryl/α,β-unsaturated/α-hetero) is 1. The average Bonchev–Trinajstić information content (AvgIpc) is 1.66. The summed E-state index contributed by atoms with van der Waals surface area (Å²) in [5.74, 6) is 1.53. The van der Waals surface area contributed by atoms with Gasteiger partial charge in [0.25, 0.3) is 47.1 Å². The molecule has 0 spiro atoms. The number of benzene rings is 11. The van der Waals surface area contributed by atoms with Gasteiger partial charge in [0.15, 0.2) is 11.5 Å². The number of ketones is 1. The van der Waals surface area contributed by atoms with E-state index in [1.807, 2.05) is 123 Å². The number of fused-ring (bicyclic) bond motifs is 4. The number of piperidine rings is 5. The number of alkyl halides is 3. The molecule has 5 aliphatic rings. The predicted molar refractivity (Wildman–Crippen MR) is 551 cm³/mol. The van der Waals surface area contributed by atoms with Gasteiger partial charge in [-0.1, -0.05) is 170 Å². The van der Waals surface area contributed by atoms with Crippen LogP contribution in [0.3, 0.4) is 0 Å². The fourth-order valence-corrected chi connectivity index (χ4v) is 20.6. The molecule has 7 amide bonds. The highest BCUT2D eigenvalue weighted by Gasteiger charge is 2.41. The molecule has 0 bridgehead atoms. The number of hydrogen-bond acceptors (Lipinski definition) is 10. The van der Waals surface area contributed by atoms with Crippen molar-refractivity contribution < 1.29 is 65.4 Å². The van der Waals surface area contributed by atoms with E-state index in [0.29, 0.717) is 124 Å². The average molecular weight is 1930 g/mol. The van der Waals surface area contributed by atoms with Gasteiger partial charge < -0.3 is 64.5 Å². The second-order valence-corrected chi connectivity index (χ2v) is 38.3. The fourth-order valence-electron chi connectivity index (χ4n) is 20.6. The van der Waals surface area contributed by atoms with Crippen LogP contribution in [-0.4, -0.2) is 184 Å². The van der Waals surface area contributed by atoms with Gasteiger partial charge in [-0.2, -0.15) is 13.2 Å². The first-order chi connectivity index (χ1) is 69.6. The van der Waals surface area contributed by atoms with Crippen molar-refractivity contribution in [1.82, 2.24) is 55.1 Å². The van der Waals surface area contributed by atoms with Crippen LogP contribution in [0.1, 0.15) is 186 Å². The van der Waals surface area contributed by atoms with Crippen molar-refractivity contribution in [3.8, 4) is 11.5 Å². The van der Waals surface area contributed by atoms with E-state index in [1.54, 1.807) is 55.8 Å². The number of nitrogens with one attached hydrogen (secondary N) is 6. The van der Waals surface area contributed by atoms with Gasteiger partial charge in [0.05, 0.1) is 36.5 Å². The fraction of sp³-hybridized carbons (Fsp3) is 0.305. The van der Waals surface area contributed by atoms with Crippen LogP contribution in [0.4, 0.5) is 17.6 Å². The number of carbonyl (C=O) groups is 8. The number of nitrogens with zero attached hydrogens (tertiary/aromatic N) is 5. The summed E-state index contributed by atoms with van der Waals surface area (Å²) < 4.78 is 62.3. The Labute approximate surface area is 830 Å². The smallest absolute Gasteiger partial charge is 0.454 e. The molecule has 6 N–H and O–H groups in total. The molecule has 9 heterocycles. The molecule has 15 aromatic rings. The number of H-pyrrole nitrogens is 4. The lowest BCUT2D eigenvalue weighted by Crippen LogP contribution is -2.39. The number of aromatic nitrogens is 4. The van der Waals surface area contributed by atoms with Crippen LogP contribution in [0, 0.1) is 35.4 Å². The predicted octanol–water partition coefficient (Wildman–Crippen LogP) is 21.9. The maximum Gasteiger partial charge on any atom is 0.454 e. The summed E-state index contributed by atoms with van der Waals surface area (Å²) in [6.07, 6.45) is 17.0. The molecule has 4 aromatic heterocycles. The van der Waals surface area contributed by atoms with E-state index in [2.05, 4.69) is 152 Å². The van der Waals surface area contributed by atoms with Crippen LogP contribution in [0.15, 0.2) is 292 Å². The molecule has 5 aliphatic heterocycles. The van der Waals surface area contributed by atoms with E-state index >= 15 is 0 Å². The van der Waals surface area contributed by atoms with Crippen molar-refractivity contribution in [2.45, 2.75) is 115 Å². The van der Waals surface area contributed by atoms with Gasteiger partial charge in [-0.15, -0.1) is 0 Å². The Bertz CT molecular complexity index is 6890. The molecule has 0 unspecified atom stereocenters. The highest BCUT2D eigenvalue weighted by atomic mass is 19.4. The molecule has 20 rings (SSSR count). The molecule has 736 valence electrons. The van der Waals surface area contributed by atoms with E-state index in [4.69, 9.17) is 9.47 Å². The van der Waals surface area contributed by atoms with Gasteiger partial charge in [-0.25, -0.2) is 4.39 Å². The van der Waals surface area contributed by atoms with Gasteiger partial charge in [-0.05, 0) is 268 Å². The molecule has 0 aliphatic carbocycles. The van der Waals surface area contributed by atoms with Gasteiger partial charge >= 0.3 is 6.18 Å². The van der Waals surface area contributed by atoms with Crippen LogP contribution in [-0.2, 0) is 45.1 Å². The lowest BCUT2D eigenvalue weighted by molar-refractivity contribution is -0.0884. The van der Waals surface area contributed by atoms with Gasteiger partial charge in [0.2, 0.25) is 0 Å². The second-order valence-electron chi connectivity index (χ2n) is 38.3. The molecule has 0 radical (unpaired) electrons. The zero-order valence-electron chi connectivity index (χ0n) is 80.7. The van der Waals surface area contributed by atoms with Crippen LogP contribution >= 0.6 is 0 Å². The number of likely N-dealkylation sites (tertiary alicyclic amines) is 5. The Balaban J connectivity index is 0.000000132. The van der Waals surface area contributed by atoms with Crippen LogP contribution in [0.2, 0.25) is 0 Å². The van der Waals surface area contributed by atoms with Gasteiger partial charge in [0.1, 0.15) is 5.82 Å². The van der Waals surface area contributed by atoms with Crippen LogP contribution < -0.4 is 20.1 Å². The number of ether oxygens (including phenoxy) is 2. The highest BCUT2D eigenvalue weighted by molar-refractivity contribution is 6.13. The summed E-state index contributed by atoms with van der Waals surface area (Å²) in [6.45, 7) is 8.09. The van der Waals surface area contributed by atoms with Crippen molar-refractivity contribution in [1.29, 1.82) is 0 Å². The number of methoxy groups -OCH3 is 2. The van der Waals surface area contributed by atoms with Crippen molar-refractivity contribution >= 4 is 90.7 Å². The zero-order chi connectivity index (χ0) is 99.3. The number of rotatable bonds is 25. The Morgan fingerprint density at radius 1 is 0.308 bits per heavy atom. The zero-order valence-corrected chi connectivity index (χ0v) is 80.7. The standard InChI is InChI=1S/C34H37N3O2.C32H35N3O4.C29H28FN3O2.C23H21F3N2O2/c38-33(36-17-13-27(14-18-36)21-25-7-3-1-4-8-25)29-11-12-32-30(23-29)31(24-35-32)34(39)37-19-15-28(16-20-37)22-26-9-5-2-6-10-26;1-38-29-11-8-23(19-30(29)39-2)12-15-33-31(36)27-21-34-28-10-9-25(20-26(27)28)32(37)35-16-13-24(14-17-35)18-22-6-4-3-5-7-22;30-24-9-6-22(7-10-24)18-32-28(34)26-19-31-27-11-8-23(17-25(26)27)29(35)33-14-12-21(13-15-33)16-20-4-2-1-3-5-20;24-23(25,26)21(29)19-14-27-20-7-6-17(13-18(19)20)22(30)28-10-8-16(9-11-28)12-15-4-2-1-3-5-15/h1-12,23-24,27-28,35H,13-22H2;3-11,19-21,24,34H,12-18H2,1-2H3,(H,33,36);1-11,17,19,21,31H,12-16,18H2,(H,32,34);1-7,13-14,16,27H,8-12H2. The molecule has 0 atom stereocenters. The molecule has 5 saturated heterocycles. The maximum absolute atomic E-state index is 13.5. The quantitative estimate of drug-likeness (QED) is 0.0233. The van der Waals surface area contributed by atoms with Gasteiger partial charge in [-0.3, -0.25) is 38.4 Å². The normalized spacial score (nSPS) is 15.2. The first-order valence-electron chi connectivity index (χ1n) is 49.8. The summed E-state index contributed by atoms with van der Waals surface area (Å²) in [7, 11) is 3.21. The van der Waals surface area contributed by atoms with E-state index in [-0.39, 0.29) is 52.6 Å². The number of carbonyl (C=O) groups excluding carboxylic acids is 8. The Morgan fingerprint density at radius 3 is 0.902 bits per heavy atom. The van der Waals surface area contributed by atoms with E-state index < -0.39 is 17.5 Å². The molecule has 21 nitrogen and oxygen atoms in total. The lowest BCUT2D eigenvalue weighted by atomic mass is 9.90. The molecular formula is C118H121F4N11O10. The van der Waals surface area contributed by atoms with Gasteiger partial charge in [0, 0.05) is 169 Å². The summed E-state index contributed by atoms with van der Waals surface area (Å²) in [5, 5.41) is 8.30. The number of halogens is 4. The Kier molecular flexibility index (Phi) is 32.7. The molecular weight excluding hydrogens is 1810 g/mol. The Hall–Kier alpha value is -15.1. The minimum Gasteiger partial charge on any atom is -0.493 e.